The van der Waals surface area contributed by atoms with E-state index in [9.17, 15) is 9.59 Å². The van der Waals surface area contributed by atoms with Gasteiger partial charge in [-0.05, 0) is 12.8 Å². The van der Waals surface area contributed by atoms with Crippen LogP contribution in [0.25, 0.3) is 0 Å². The van der Waals surface area contributed by atoms with Crippen molar-refractivity contribution < 1.29 is 9.59 Å². The number of nitrogens with two attached hydrogens (primary N) is 1. The zero-order valence-corrected chi connectivity index (χ0v) is 12.7. The Labute approximate surface area is 124 Å². The molecule has 20 heavy (non-hydrogen) atoms. The van der Waals surface area contributed by atoms with Crippen LogP contribution in [0.1, 0.15) is 20.8 Å². The second kappa shape index (κ2) is 8.55. The highest BCUT2D eigenvalue weighted by molar-refractivity contribution is 5.95. The van der Waals surface area contributed by atoms with Crippen LogP contribution in [0, 0.1) is 5.92 Å². The van der Waals surface area contributed by atoms with E-state index in [-0.39, 0.29) is 36.7 Å². The summed E-state index contributed by atoms with van der Waals surface area (Å²) in [6.07, 6.45) is 3.28. The van der Waals surface area contributed by atoms with Crippen molar-refractivity contribution >= 4 is 29.9 Å². The number of nitrogens with one attached hydrogen (secondary N) is 2. The summed E-state index contributed by atoms with van der Waals surface area (Å²) < 4.78 is 1.70. The van der Waals surface area contributed by atoms with Gasteiger partial charge in [-0.15, -0.1) is 12.4 Å². The van der Waals surface area contributed by atoms with Crippen LogP contribution < -0.4 is 16.4 Å². The molecule has 7 nitrogen and oxygen atoms in total. The van der Waals surface area contributed by atoms with Gasteiger partial charge in [0.2, 0.25) is 11.8 Å². The fourth-order valence-corrected chi connectivity index (χ4v) is 1.39. The third-order valence-corrected chi connectivity index (χ3v) is 2.69. The van der Waals surface area contributed by atoms with Crippen LogP contribution in [0.4, 0.5) is 5.69 Å². The highest BCUT2D eigenvalue weighted by atomic mass is 35.5. The molecule has 0 radical (unpaired) electrons. The Morgan fingerprint density at radius 2 is 2.10 bits per heavy atom. The maximum Gasteiger partial charge on any atom is 0.243 e. The number of carbonyl (C=O) groups excluding carboxylic acids is 2. The monoisotopic (exact) mass is 303 g/mol. The summed E-state index contributed by atoms with van der Waals surface area (Å²) in [5.41, 5.74) is 6.27. The minimum Gasteiger partial charge on any atom is -0.346 e. The summed E-state index contributed by atoms with van der Waals surface area (Å²) in [4.78, 5) is 23.2. The second-order valence-corrected chi connectivity index (χ2v) is 4.62. The molecule has 0 saturated carbocycles. The van der Waals surface area contributed by atoms with Gasteiger partial charge in [-0.25, -0.2) is 0 Å². The van der Waals surface area contributed by atoms with E-state index in [2.05, 4.69) is 15.7 Å². The van der Waals surface area contributed by atoms with Gasteiger partial charge < -0.3 is 16.4 Å². The smallest absolute Gasteiger partial charge is 0.243 e. The molecule has 0 aliphatic heterocycles. The van der Waals surface area contributed by atoms with Crippen LogP contribution in [-0.2, 0) is 16.1 Å². The lowest BCUT2D eigenvalue weighted by atomic mass is 10.1. The van der Waals surface area contributed by atoms with Gasteiger partial charge in [0.25, 0.3) is 0 Å². The summed E-state index contributed by atoms with van der Waals surface area (Å²) in [5, 5.41) is 9.17. The van der Waals surface area contributed by atoms with Gasteiger partial charge in [0.05, 0.1) is 24.5 Å². The number of hydrogen-bond acceptors (Lipinski definition) is 4. The summed E-state index contributed by atoms with van der Waals surface area (Å²) >= 11 is 0. The van der Waals surface area contributed by atoms with E-state index in [1.54, 1.807) is 17.1 Å². The average Bonchev–Trinajstić information content (AvgIpc) is 2.82. The molecule has 1 aromatic heterocycles. The number of hydrogen-bond donors (Lipinski definition) is 3. The average molecular weight is 304 g/mol. The van der Waals surface area contributed by atoms with Crippen molar-refractivity contribution in [3.8, 4) is 0 Å². The number of aromatic nitrogens is 2. The summed E-state index contributed by atoms with van der Waals surface area (Å²) in [6, 6.07) is -0.601. The van der Waals surface area contributed by atoms with Crippen molar-refractivity contribution in [3.63, 3.8) is 0 Å². The maximum atomic E-state index is 11.6. The predicted octanol–water partition coefficient (Wildman–Crippen LogP) is 0.363. The van der Waals surface area contributed by atoms with E-state index < -0.39 is 6.04 Å². The molecular weight excluding hydrogens is 282 g/mol. The highest BCUT2D eigenvalue weighted by Gasteiger charge is 2.17. The van der Waals surface area contributed by atoms with E-state index >= 15 is 0 Å². The van der Waals surface area contributed by atoms with Crippen LogP contribution in [0.3, 0.4) is 0 Å². The minimum absolute atomic E-state index is 0. The molecule has 114 valence electrons. The standard InChI is InChI=1S/C12H21N5O2.ClH/c1-4-17-7-9(5-15-17)16-10(18)6-14-12(19)11(13)8(2)3;/h5,7-8,11H,4,6,13H2,1-3H3,(H,14,19)(H,16,18);1H/t11-;/m0./s1. The molecule has 0 aliphatic carbocycles. The number of amides is 2. The molecular formula is C12H22ClN5O2. The van der Waals surface area contributed by atoms with Crippen molar-refractivity contribution in [2.75, 3.05) is 11.9 Å². The molecule has 0 unspecified atom stereocenters. The van der Waals surface area contributed by atoms with Crippen molar-refractivity contribution in [3.05, 3.63) is 12.4 Å². The molecule has 0 bridgehead atoms. The first-order valence-electron chi connectivity index (χ1n) is 6.29. The quantitative estimate of drug-likeness (QED) is 0.706. The zero-order valence-electron chi connectivity index (χ0n) is 11.9. The van der Waals surface area contributed by atoms with Gasteiger partial charge in [0, 0.05) is 12.7 Å². The van der Waals surface area contributed by atoms with E-state index in [1.807, 2.05) is 20.8 Å². The molecule has 0 aromatic carbocycles. The van der Waals surface area contributed by atoms with Crippen molar-refractivity contribution in [2.45, 2.75) is 33.4 Å². The molecule has 1 atom stereocenters. The van der Waals surface area contributed by atoms with Gasteiger partial charge in [0.15, 0.2) is 0 Å². The lowest BCUT2D eigenvalue weighted by Crippen LogP contribution is -2.46. The van der Waals surface area contributed by atoms with Gasteiger partial charge in [-0.2, -0.15) is 5.10 Å². The first kappa shape index (κ1) is 18.4. The molecule has 0 aliphatic rings. The molecule has 1 rings (SSSR count). The SMILES string of the molecule is CCn1cc(NC(=O)CNC(=O)[C@@H](N)C(C)C)cn1.Cl. The largest absolute Gasteiger partial charge is 0.346 e. The number of aryl methyl sites for hydroxylation is 1. The summed E-state index contributed by atoms with van der Waals surface area (Å²) in [6.45, 7) is 6.28. The van der Waals surface area contributed by atoms with Crippen LogP contribution in [-0.4, -0.2) is 34.2 Å². The van der Waals surface area contributed by atoms with Crippen LogP contribution >= 0.6 is 12.4 Å². The molecule has 0 saturated heterocycles. The van der Waals surface area contributed by atoms with Crippen molar-refractivity contribution in [1.82, 2.24) is 15.1 Å². The number of rotatable bonds is 6. The fraction of sp³-hybridized carbons (Fsp3) is 0.583. The van der Waals surface area contributed by atoms with Gasteiger partial charge >= 0.3 is 0 Å². The Bertz CT molecular complexity index is 447. The number of halogens is 1. The molecule has 4 N–H and O–H groups in total. The van der Waals surface area contributed by atoms with E-state index in [0.29, 0.717) is 5.69 Å². The maximum absolute atomic E-state index is 11.6. The van der Waals surface area contributed by atoms with E-state index in [4.69, 9.17) is 5.73 Å². The Kier molecular flexibility index (Phi) is 7.86. The molecule has 1 heterocycles. The number of anilines is 1. The van der Waals surface area contributed by atoms with Gasteiger partial charge in [-0.3, -0.25) is 14.3 Å². The molecule has 2 amide bonds. The fourth-order valence-electron chi connectivity index (χ4n) is 1.39. The van der Waals surface area contributed by atoms with Crippen molar-refractivity contribution in [1.29, 1.82) is 0 Å². The zero-order chi connectivity index (χ0) is 14.4. The predicted molar refractivity (Wildman–Crippen MR) is 79.6 cm³/mol. The van der Waals surface area contributed by atoms with Crippen LogP contribution in [0.5, 0.6) is 0 Å². The first-order chi connectivity index (χ1) is 8.93. The van der Waals surface area contributed by atoms with Crippen LogP contribution in [0.2, 0.25) is 0 Å². The Hall–Kier alpha value is -1.60. The highest BCUT2D eigenvalue weighted by Crippen LogP contribution is 2.04. The van der Waals surface area contributed by atoms with E-state index in [1.165, 1.54) is 0 Å². The Balaban J connectivity index is 0.00000361. The van der Waals surface area contributed by atoms with Crippen molar-refractivity contribution in [2.24, 2.45) is 11.7 Å². The number of nitrogens with zero attached hydrogens (tertiary/aromatic N) is 2. The molecule has 1 aromatic rings. The normalized spacial score (nSPS) is 11.7. The number of carbonyl (C=O) groups is 2. The third kappa shape index (κ3) is 5.58. The lowest BCUT2D eigenvalue weighted by Gasteiger charge is -2.14. The summed E-state index contributed by atoms with van der Waals surface area (Å²) in [5.74, 6) is -0.597. The molecule has 8 heteroatoms. The van der Waals surface area contributed by atoms with Gasteiger partial charge in [-0.1, -0.05) is 13.8 Å². The van der Waals surface area contributed by atoms with Gasteiger partial charge in [0.1, 0.15) is 0 Å². The molecule has 0 spiro atoms. The Morgan fingerprint density at radius 3 is 2.60 bits per heavy atom. The first-order valence-corrected chi connectivity index (χ1v) is 6.29. The molecule has 0 fully saturated rings. The Morgan fingerprint density at radius 1 is 1.45 bits per heavy atom. The minimum atomic E-state index is -0.601. The van der Waals surface area contributed by atoms with Crippen LogP contribution in [0.15, 0.2) is 12.4 Å². The lowest BCUT2D eigenvalue weighted by molar-refractivity contribution is -0.125. The second-order valence-electron chi connectivity index (χ2n) is 4.62. The summed E-state index contributed by atoms with van der Waals surface area (Å²) in [7, 11) is 0. The third-order valence-electron chi connectivity index (χ3n) is 2.69. The van der Waals surface area contributed by atoms with E-state index in [0.717, 1.165) is 6.54 Å². The topological polar surface area (TPSA) is 102 Å².